The third-order valence-corrected chi connectivity index (χ3v) is 2.85. The van der Waals surface area contributed by atoms with E-state index in [0.29, 0.717) is 12.2 Å². The van der Waals surface area contributed by atoms with E-state index in [4.69, 9.17) is 15.3 Å². The van der Waals surface area contributed by atoms with Crippen molar-refractivity contribution in [2.24, 2.45) is 5.84 Å². The van der Waals surface area contributed by atoms with E-state index in [1.165, 1.54) is 0 Å². The fourth-order valence-electron chi connectivity index (χ4n) is 1.80. The summed E-state index contributed by atoms with van der Waals surface area (Å²) in [4.78, 5) is 11.0. The Hall–Kier alpha value is -1.75. The maximum Gasteiger partial charge on any atom is 0.233 e. The van der Waals surface area contributed by atoms with Gasteiger partial charge in [-0.2, -0.15) is 0 Å². The van der Waals surface area contributed by atoms with Crippen molar-refractivity contribution >= 4 is 5.91 Å². The lowest BCUT2D eigenvalue weighted by Gasteiger charge is -2.12. The highest BCUT2D eigenvalue weighted by Crippen LogP contribution is 2.30. The van der Waals surface area contributed by atoms with Gasteiger partial charge < -0.3 is 9.47 Å². The van der Waals surface area contributed by atoms with Crippen LogP contribution in [0.2, 0.25) is 0 Å². The molecular formula is C13H20N2O3. The van der Waals surface area contributed by atoms with Gasteiger partial charge in [0.15, 0.2) is 11.5 Å². The predicted octanol–water partition coefficient (Wildman–Crippen LogP) is 1.32. The predicted molar refractivity (Wildman–Crippen MR) is 69.6 cm³/mol. The van der Waals surface area contributed by atoms with Gasteiger partial charge in [-0.05, 0) is 43.0 Å². The van der Waals surface area contributed by atoms with Crippen molar-refractivity contribution in [3.05, 3.63) is 23.3 Å². The van der Waals surface area contributed by atoms with E-state index in [2.05, 4.69) is 5.43 Å². The first-order chi connectivity index (χ1) is 8.62. The van der Waals surface area contributed by atoms with Gasteiger partial charge in [0.2, 0.25) is 5.91 Å². The number of ether oxygens (including phenoxy) is 2. The quantitative estimate of drug-likeness (QED) is 0.455. The minimum atomic E-state index is -0.145. The van der Waals surface area contributed by atoms with E-state index < -0.39 is 0 Å². The van der Waals surface area contributed by atoms with Gasteiger partial charge in [-0.25, -0.2) is 5.84 Å². The van der Waals surface area contributed by atoms with Gasteiger partial charge in [0, 0.05) is 6.42 Å². The number of aryl methyl sites for hydroxylation is 2. The Balaban J connectivity index is 2.73. The SMILES string of the molecule is COc1cc(C)c(CCCC(=O)NN)cc1OC. The molecule has 1 aromatic carbocycles. The van der Waals surface area contributed by atoms with Crippen LogP contribution >= 0.6 is 0 Å². The standard InChI is InChI=1S/C13H20N2O3/c1-9-7-11(17-2)12(18-3)8-10(9)5-4-6-13(16)15-14/h7-8H,4-6,14H2,1-3H3,(H,15,16). The summed E-state index contributed by atoms with van der Waals surface area (Å²) in [7, 11) is 3.22. The van der Waals surface area contributed by atoms with Crippen LogP contribution in [0.25, 0.3) is 0 Å². The molecule has 0 aliphatic heterocycles. The van der Waals surface area contributed by atoms with Crippen LogP contribution < -0.4 is 20.7 Å². The zero-order valence-corrected chi connectivity index (χ0v) is 11.1. The molecule has 3 N–H and O–H groups in total. The lowest BCUT2D eigenvalue weighted by atomic mass is 10.0. The highest BCUT2D eigenvalue weighted by Gasteiger charge is 2.09. The monoisotopic (exact) mass is 252 g/mol. The van der Waals surface area contributed by atoms with Crippen molar-refractivity contribution in [3.8, 4) is 11.5 Å². The van der Waals surface area contributed by atoms with Crippen molar-refractivity contribution in [3.63, 3.8) is 0 Å². The van der Waals surface area contributed by atoms with E-state index >= 15 is 0 Å². The van der Waals surface area contributed by atoms with E-state index in [9.17, 15) is 4.79 Å². The molecule has 1 amide bonds. The Morgan fingerprint density at radius 3 is 2.44 bits per heavy atom. The van der Waals surface area contributed by atoms with Crippen molar-refractivity contribution in [1.29, 1.82) is 0 Å². The summed E-state index contributed by atoms with van der Waals surface area (Å²) in [6, 6.07) is 3.89. The molecule has 0 radical (unpaired) electrons. The number of hydrogen-bond donors (Lipinski definition) is 2. The number of carbonyl (C=O) groups is 1. The van der Waals surface area contributed by atoms with Gasteiger partial charge in [0.1, 0.15) is 0 Å². The molecule has 0 aliphatic carbocycles. The molecule has 100 valence electrons. The fourth-order valence-corrected chi connectivity index (χ4v) is 1.80. The molecule has 0 saturated heterocycles. The average Bonchev–Trinajstić information content (AvgIpc) is 2.39. The molecule has 1 rings (SSSR count). The summed E-state index contributed by atoms with van der Waals surface area (Å²) in [5, 5.41) is 0. The Labute approximate surface area is 107 Å². The Kier molecular flexibility index (Phi) is 5.45. The molecule has 0 heterocycles. The van der Waals surface area contributed by atoms with Crippen LogP contribution in [0.3, 0.4) is 0 Å². The first-order valence-electron chi connectivity index (χ1n) is 5.83. The molecule has 0 bridgehead atoms. The molecule has 18 heavy (non-hydrogen) atoms. The summed E-state index contributed by atoms with van der Waals surface area (Å²) in [5.41, 5.74) is 4.40. The van der Waals surface area contributed by atoms with E-state index in [1.54, 1.807) is 14.2 Å². The molecule has 5 nitrogen and oxygen atoms in total. The highest BCUT2D eigenvalue weighted by molar-refractivity contribution is 5.75. The number of nitrogens with one attached hydrogen (secondary N) is 1. The molecule has 0 saturated carbocycles. The molecule has 0 fully saturated rings. The molecule has 0 aromatic heterocycles. The van der Waals surface area contributed by atoms with Gasteiger partial charge in [0.25, 0.3) is 0 Å². The van der Waals surface area contributed by atoms with Crippen LogP contribution in [0.5, 0.6) is 11.5 Å². The zero-order valence-electron chi connectivity index (χ0n) is 11.1. The maximum absolute atomic E-state index is 11.0. The third kappa shape index (κ3) is 3.63. The highest BCUT2D eigenvalue weighted by atomic mass is 16.5. The van der Waals surface area contributed by atoms with Crippen LogP contribution in [-0.2, 0) is 11.2 Å². The van der Waals surface area contributed by atoms with Crippen LogP contribution in [-0.4, -0.2) is 20.1 Å². The first-order valence-corrected chi connectivity index (χ1v) is 5.83. The van der Waals surface area contributed by atoms with Crippen LogP contribution in [0.4, 0.5) is 0 Å². The van der Waals surface area contributed by atoms with Crippen molar-refractivity contribution in [1.82, 2.24) is 5.43 Å². The molecular weight excluding hydrogens is 232 g/mol. The normalized spacial score (nSPS) is 10.0. The summed E-state index contributed by atoms with van der Waals surface area (Å²) < 4.78 is 10.5. The Morgan fingerprint density at radius 2 is 1.89 bits per heavy atom. The minimum Gasteiger partial charge on any atom is -0.493 e. The molecule has 0 atom stereocenters. The van der Waals surface area contributed by atoms with E-state index in [-0.39, 0.29) is 5.91 Å². The van der Waals surface area contributed by atoms with Crippen LogP contribution in [0.1, 0.15) is 24.0 Å². The average molecular weight is 252 g/mol. The molecule has 0 spiro atoms. The Morgan fingerprint density at radius 1 is 1.28 bits per heavy atom. The van der Waals surface area contributed by atoms with E-state index in [1.807, 2.05) is 19.1 Å². The molecule has 5 heteroatoms. The van der Waals surface area contributed by atoms with E-state index in [0.717, 1.165) is 29.7 Å². The zero-order chi connectivity index (χ0) is 13.5. The second-order valence-electron chi connectivity index (χ2n) is 4.05. The minimum absolute atomic E-state index is 0.145. The fraction of sp³-hybridized carbons (Fsp3) is 0.462. The first kappa shape index (κ1) is 14.3. The smallest absolute Gasteiger partial charge is 0.233 e. The van der Waals surface area contributed by atoms with Crippen LogP contribution in [0.15, 0.2) is 12.1 Å². The van der Waals surface area contributed by atoms with Gasteiger partial charge in [-0.3, -0.25) is 10.2 Å². The number of benzene rings is 1. The largest absolute Gasteiger partial charge is 0.493 e. The summed E-state index contributed by atoms with van der Waals surface area (Å²) in [5.74, 6) is 6.31. The van der Waals surface area contributed by atoms with Crippen molar-refractivity contribution in [2.45, 2.75) is 26.2 Å². The number of carbonyl (C=O) groups excluding carboxylic acids is 1. The number of amides is 1. The molecule has 0 aliphatic rings. The maximum atomic E-state index is 11.0. The second kappa shape index (κ2) is 6.86. The number of methoxy groups -OCH3 is 2. The van der Waals surface area contributed by atoms with Gasteiger partial charge in [-0.15, -0.1) is 0 Å². The number of hydrogen-bond acceptors (Lipinski definition) is 4. The topological polar surface area (TPSA) is 73.6 Å². The second-order valence-corrected chi connectivity index (χ2v) is 4.05. The lowest BCUT2D eigenvalue weighted by Crippen LogP contribution is -2.29. The molecule has 1 aromatic rings. The number of nitrogens with two attached hydrogens (primary N) is 1. The van der Waals surface area contributed by atoms with Crippen molar-refractivity contribution < 1.29 is 14.3 Å². The number of rotatable bonds is 6. The molecule has 0 unspecified atom stereocenters. The van der Waals surface area contributed by atoms with Gasteiger partial charge in [0.05, 0.1) is 14.2 Å². The van der Waals surface area contributed by atoms with Gasteiger partial charge in [-0.1, -0.05) is 0 Å². The summed E-state index contributed by atoms with van der Waals surface area (Å²) in [6.45, 7) is 2.01. The van der Waals surface area contributed by atoms with Crippen LogP contribution in [0, 0.1) is 6.92 Å². The lowest BCUT2D eigenvalue weighted by molar-refractivity contribution is -0.121. The Bertz CT molecular complexity index is 419. The van der Waals surface area contributed by atoms with Crippen molar-refractivity contribution in [2.75, 3.05) is 14.2 Å². The summed E-state index contributed by atoms with van der Waals surface area (Å²) >= 11 is 0. The third-order valence-electron chi connectivity index (χ3n) is 2.85. The number of hydrazine groups is 1. The van der Waals surface area contributed by atoms with Gasteiger partial charge >= 0.3 is 0 Å². The summed E-state index contributed by atoms with van der Waals surface area (Å²) in [6.07, 6.45) is 1.98.